The quantitative estimate of drug-likeness (QED) is 0.552. The third-order valence-electron chi connectivity index (χ3n) is 8.76. The molecule has 186 valence electrons. The van der Waals surface area contributed by atoms with Gasteiger partial charge in [-0.3, -0.25) is 4.79 Å². The SMILES string of the molecule is O=C(NC1C2CC3CC1CC(O)(C3)C2)c1cnc(NC2CCS(=O)(=O)CC2)nc1OC1CCC1. The molecule has 2 heterocycles. The molecule has 1 saturated heterocycles. The summed E-state index contributed by atoms with van der Waals surface area (Å²) in [5.41, 5.74) is -0.193. The molecule has 1 aliphatic heterocycles. The lowest BCUT2D eigenvalue weighted by Gasteiger charge is -2.58. The van der Waals surface area contributed by atoms with Gasteiger partial charge in [0.25, 0.3) is 5.91 Å². The fourth-order valence-electron chi connectivity index (χ4n) is 6.99. The van der Waals surface area contributed by atoms with E-state index >= 15 is 0 Å². The molecule has 1 aromatic rings. The monoisotopic (exact) mass is 490 g/mol. The summed E-state index contributed by atoms with van der Waals surface area (Å²) in [5, 5.41) is 17.3. The van der Waals surface area contributed by atoms with Gasteiger partial charge in [-0.05, 0) is 82.0 Å². The second-order valence-electron chi connectivity index (χ2n) is 11.3. The van der Waals surface area contributed by atoms with Crippen molar-refractivity contribution in [1.82, 2.24) is 15.3 Å². The predicted octanol–water partition coefficient (Wildman–Crippen LogP) is 2.07. The van der Waals surface area contributed by atoms with E-state index in [1.807, 2.05) is 0 Å². The Labute approximate surface area is 200 Å². The van der Waals surface area contributed by atoms with Gasteiger partial charge in [-0.1, -0.05) is 0 Å². The van der Waals surface area contributed by atoms with Crippen LogP contribution in [0, 0.1) is 17.8 Å². The number of nitrogens with one attached hydrogen (secondary N) is 2. The van der Waals surface area contributed by atoms with Crippen molar-refractivity contribution < 1.29 is 23.1 Å². The van der Waals surface area contributed by atoms with Gasteiger partial charge >= 0.3 is 0 Å². The van der Waals surface area contributed by atoms with Crippen LogP contribution in [-0.4, -0.2) is 64.7 Å². The first-order chi connectivity index (χ1) is 16.3. The van der Waals surface area contributed by atoms with Crippen molar-refractivity contribution in [3.63, 3.8) is 0 Å². The van der Waals surface area contributed by atoms with Crippen LogP contribution in [0.3, 0.4) is 0 Å². The van der Waals surface area contributed by atoms with Gasteiger partial charge < -0.3 is 20.5 Å². The van der Waals surface area contributed by atoms with E-state index in [1.165, 1.54) is 6.20 Å². The molecule has 7 rings (SSSR count). The van der Waals surface area contributed by atoms with Gasteiger partial charge in [0.05, 0.1) is 17.1 Å². The van der Waals surface area contributed by atoms with Gasteiger partial charge in [-0.2, -0.15) is 4.98 Å². The minimum Gasteiger partial charge on any atom is -0.474 e. The van der Waals surface area contributed by atoms with Crippen LogP contribution in [0.25, 0.3) is 0 Å². The number of carbonyl (C=O) groups is 1. The first-order valence-electron chi connectivity index (χ1n) is 12.8. The number of aliphatic hydroxyl groups is 1. The second-order valence-corrected chi connectivity index (χ2v) is 13.7. The van der Waals surface area contributed by atoms with Gasteiger partial charge in [0.2, 0.25) is 11.8 Å². The highest BCUT2D eigenvalue weighted by molar-refractivity contribution is 7.91. The summed E-state index contributed by atoms with van der Waals surface area (Å²) in [4.78, 5) is 22.3. The van der Waals surface area contributed by atoms with Crippen molar-refractivity contribution in [2.24, 2.45) is 17.8 Å². The maximum absolute atomic E-state index is 13.4. The molecule has 3 N–H and O–H groups in total. The fraction of sp³-hybridized carbons (Fsp3) is 0.792. The number of ether oxygens (including phenoxy) is 1. The molecule has 6 aliphatic rings. The zero-order valence-electron chi connectivity index (χ0n) is 19.4. The van der Waals surface area contributed by atoms with E-state index in [0.29, 0.717) is 48.0 Å². The number of hydrogen-bond acceptors (Lipinski definition) is 8. The number of carbonyl (C=O) groups excluding carboxylic acids is 1. The van der Waals surface area contributed by atoms with Crippen LogP contribution in [0.5, 0.6) is 5.88 Å². The average molecular weight is 491 g/mol. The number of nitrogens with zero attached hydrogens (tertiary/aromatic N) is 2. The smallest absolute Gasteiger partial charge is 0.258 e. The molecule has 2 atom stereocenters. The van der Waals surface area contributed by atoms with Crippen LogP contribution in [0.15, 0.2) is 6.20 Å². The van der Waals surface area contributed by atoms with Crippen LogP contribution in [-0.2, 0) is 9.84 Å². The Balaban J connectivity index is 1.18. The standard InChI is InChI=1S/C24H34N4O5S/c29-21(27-20-15-8-14-9-16(20)12-24(30,10-14)11-15)19-13-25-23(28-22(19)33-18-2-1-3-18)26-17-4-6-34(31,32)7-5-17/h13-18,20,30H,1-12H2,(H,27,29)(H,25,26,28). The third kappa shape index (κ3) is 4.39. The van der Waals surface area contributed by atoms with Crippen LogP contribution < -0.4 is 15.4 Å². The number of sulfone groups is 1. The summed E-state index contributed by atoms with van der Waals surface area (Å²) in [6.07, 6.45) is 10.2. The highest BCUT2D eigenvalue weighted by atomic mass is 32.2. The number of anilines is 1. The molecule has 1 aromatic heterocycles. The van der Waals surface area contributed by atoms with E-state index in [-0.39, 0.29) is 35.6 Å². The summed E-state index contributed by atoms with van der Waals surface area (Å²) < 4.78 is 29.5. The molecule has 4 bridgehead atoms. The molecule has 10 heteroatoms. The molecule has 1 amide bonds. The van der Waals surface area contributed by atoms with Crippen molar-refractivity contribution in [3.05, 3.63) is 11.8 Å². The third-order valence-corrected chi connectivity index (χ3v) is 10.5. The lowest BCUT2D eigenvalue weighted by Crippen LogP contribution is -2.61. The molecule has 9 nitrogen and oxygen atoms in total. The molecule has 0 spiro atoms. The number of amides is 1. The predicted molar refractivity (Wildman–Crippen MR) is 125 cm³/mol. The van der Waals surface area contributed by atoms with Crippen molar-refractivity contribution >= 4 is 21.7 Å². The molecule has 6 fully saturated rings. The van der Waals surface area contributed by atoms with Crippen molar-refractivity contribution in [3.8, 4) is 5.88 Å². The normalized spacial score (nSPS) is 36.6. The molecule has 0 radical (unpaired) electrons. The summed E-state index contributed by atoms with van der Waals surface area (Å²) in [5.74, 6) is 2.00. The highest BCUT2D eigenvalue weighted by Gasteiger charge is 2.55. The minimum atomic E-state index is -2.95. The number of rotatable bonds is 6. The number of hydrogen-bond donors (Lipinski definition) is 3. The van der Waals surface area contributed by atoms with Crippen molar-refractivity contribution in [2.45, 2.75) is 88.0 Å². The van der Waals surface area contributed by atoms with Crippen LogP contribution in [0.4, 0.5) is 5.95 Å². The Kier molecular flexibility index (Phi) is 5.51. The Morgan fingerprint density at radius 3 is 2.41 bits per heavy atom. The van der Waals surface area contributed by atoms with E-state index in [4.69, 9.17) is 4.74 Å². The first-order valence-corrected chi connectivity index (χ1v) is 14.6. The van der Waals surface area contributed by atoms with E-state index < -0.39 is 15.4 Å². The van der Waals surface area contributed by atoms with Crippen LogP contribution >= 0.6 is 0 Å². The van der Waals surface area contributed by atoms with Gasteiger partial charge in [-0.15, -0.1) is 0 Å². The van der Waals surface area contributed by atoms with Crippen molar-refractivity contribution in [2.75, 3.05) is 16.8 Å². The summed E-state index contributed by atoms with van der Waals surface area (Å²) in [7, 11) is -2.95. The van der Waals surface area contributed by atoms with E-state index in [2.05, 4.69) is 20.6 Å². The zero-order chi connectivity index (χ0) is 23.5. The molecule has 0 aromatic carbocycles. The van der Waals surface area contributed by atoms with E-state index in [1.54, 1.807) is 0 Å². The summed E-state index contributed by atoms with van der Waals surface area (Å²) in [6, 6.07) is 0.0569. The lowest BCUT2D eigenvalue weighted by molar-refractivity contribution is -0.136. The lowest BCUT2D eigenvalue weighted by atomic mass is 9.52. The largest absolute Gasteiger partial charge is 0.474 e. The number of aromatic nitrogens is 2. The van der Waals surface area contributed by atoms with Gasteiger partial charge in [0.1, 0.15) is 21.5 Å². The van der Waals surface area contributed by atoms with Crippen LogP contribution in [0.1, 0.15) is 74.6 Å². The van der Waals surface area contributed by atoms with E-state index in [0.717, 1.165) is 51.4 Å². The second kappa shape index (κ2) is 8.33. The fourth-order valence-corrected chi connectivity index (χ4v) is 8.48. The maximum Gasteiger partial charge on any atom is 0.258 e. The Bertz CT molecular complexity index is 1050. The summed E-state index contributed by atoms with van der Waals surface area (Å²) in [6.45, 7) is 0. The Hall–Kier alpha value is -1.94. The van der Waals surface area contributed by atoms with Crippen LogP contribution in [0.2, 0.25) is 0 Å². The first kappa shape index (κ1) is 22.5. The molecular formula is C24H34N4O5S. The topological polar surface area (TPSA) is 131 Å². The van der Waals surface area contributed by atoms with Gasteiger partial charge in [0, 0.05) is 18.3 Å². The molecule has 2 unspecified atom stereocenters. The van der Waals surface area contributed by atoms with Gasteiger partial charge in [-0.25, -0.2) is 13.4 Å². The zero-order valence-corrected chi connectivity index (χ0v) is 20.2. The maximum atomic E-state index is 13.4. The Morgan fingerprint density at radius 1 is 1.09 bits per heavy atom. The van der Waals surface area contributed by atoms with Crippen molar-refractivity contribution in [1.29, 1.82) is 0 Å². The highest BCUT2D eigenvalue weighted by Crippen LogP contribution is 2.55. The summed E-state index contributed by atoms with van der Waals surface area (Å²) >= 11 is 0. The molecule has 5 saturated carbocycles. The molecular weight excluding hydrogens is 456 g/mol. The molecule has 5 aliphatic carbocycles. The van der Waals surface area contributed by atoms with Gasteiger partial charge in [0.15, 0.2) is 0 Å². The average Bonchev–Trinajstić information content (AvgIpc) is 2.74. The van der Waals surface area contributed by atoms with E-state index in [9.17, 15) is 18.3 Å². The minimum absolute atomic E-state index is 0.0152. The Morgan fingerprint density at radius 2 is 1.79 bits per heavy atom. The molecule has 34 heavy (non-hydrogen) atoms.